The third kappa shape index (κ3) is 2.16. The molecule has 4 heteroatoms. The Morgan fingerprint density at radius 2 is 1.82 bits per heavy atom. The summed E-state index contributed by atoms with van der Waals surface area (Å²) >= 11 is 0. The maximum atomic E-state index is 11.4. The maximum absolute atomic E-state index is 11.4. The number of carboxylic acid groups (broad SMARTS) is 2. The third-order valence-corrected chi connectivity index (χ3v) is 3.46. The second-order valence-electron chi connectivity index (χ2n) is 4.60. The first kappa shape index (κ1) is 11.6. The minimum Gasteiger partial charge on any atom is -0.481 e. The lowest BCUT2D eigenvalue weighted by atomic mass is 9.69. The van der Waals surface area contributed by atoms with E-state index in [2.05, 4.69) is 0 Å². The molecule has 0 saturated carbocycles. The lowest BCUT2D eigenvalue weighted by Crippen LogP contribution is -2.39. The Hall–Kier alpha value is -1.84. The van der Waals surface area contributed by atoms with Crippen LogP contribution in [0.25, 0.3) is 0 Å². The smallest absolute Gasteiger partial charge is 0.310 e. The SMILES string of the molecule is O=C(O)C[C@@]1(C(=O)O)CCc2ccccc2C1. The lowest BCUT2D eigenvalue weighted by Gasteiger charge is -2.33. The Kier molecular flexibility index (Phi) is 2.88. The Morgan fingerprint density at radius 3 is 2.41 bits per heavy atom. The molecule has 0 spiro atoms. The number of carbonyl (C=O) groups is 2. The molecule has 0 amide bonds. The number of benzene rings is 1. The van der Waals surface area contributed by atoms with E-state index in [1.54, 1.807) is 0 Å². The molecule has 1 aromatic rings. The van der Waals surface area contributed by atoms with Gasteiger partial charge in [0.1, 0.15) is 0 Å². The Balaban J connectivity index is 2.34. The predicted molar refractivity (Wildman–Crippen MR) is 60.8 cm³/mol. The molecule has 2 N–H and O–H groups in total. The Labute approximate surface area is 98.9 Å². The highest BCUT2D eigenvalue weighted by atomic mass is 16.4. The minimum atomic E-state index is -1.14. The van der Waals surface area contributed by atoms with Crippen molar-refractivity contribution in [2.75, 3.05) is 0 Å². The predicted octanol–water partition coefficient (Wildman–Crippen LogP) is 1.72. The van der Waals surface area contributed by atoms with Crippen LogP contribution in [0.15, 0.2) is 24.3 Å². The van der Waals surface area contributed by atoms with Gasteiger partial charge in [-0.1, -0.05) is 24.3 Å². The van der Waals surface area contributed by atoms with Crippen LogP contribution in [0.3, 0.4) is 0 Å². The van der Waals surface area contributed by atoms with E-state index in [4.69, 9.17) is 5.11 Å². The zero-order valence-corrected chi connectivity index (χ0v) is 9.35. The second kappa shape index (κ2) is 4.20. The number of rotatable bonds is 3. The van der Waals surface area contributed by atoms with Gasteiger partial charge in [-0.05, 0) is 30.4 Å². The summed E-state index contributed by atoms with van der Waals surface area (Å²) in [5.74, 6) is -2.05. The van der Waals surface area contributed by atoms with E-state index in [9.17, 15) is 14.7 Å². The van der Waals surface area contributed by atoms with Crippen molar-refractivity contribution in [2.45, 2.75) is 25.7 Å². The van der Waals surface area contributed by atoms with Crippen molar-refractivity contribution >= 4 is 11.9 Å². The van der Waals surface area contributed by atoms with Gasteiger partial charge >= 0.3 is 11.9 Å². The van der Waals surface area contributed by atoms with E-state index in [-0.39, 0.29) is 6.42 Å². The van der Waals surface area contributed by atoms with Crippen molar-refractivity contribution in [3.63, 3.8) is 0 Å². The van der Waals surface area contributed by atoms with E-state index >= 15 is 0 Å². The van der Waals surface area contributed by atoms with Gasteiger partial charge in [-0.3, -0.25) is 9.59 Å². The molecule has 0 aliphatic heterocycles. The zero-order chi connectivity index (χ0) is 12.5. The molecule has 0 heterocycles. The average molecular weight is 234 g/mol. The molecule has 2 rings (SSSR count). The standard InChI is InChI=1S/C13H14O4/c14-11(15)8-13(12(16)17)6-5-9-3-1-2-4-10(9)7-13/h1-4H,5-8H2,(H,14,15)(H,16,17)/t13-/m1/s1. The maximum Gasteiger partial charge on any atom is 0.310 e. The van der Waals surface area contributed by atoms with E-state index in [1.165, 1.54) is 0 Å². The number of aryl methyl sites for hydroxylation is 1. The molecular weight excluding hydrogens is 220 g/mol. The molecule has 1 atom stereocenters. The highest BCUT2D eigenvalue weighted by molar-refractivity contribution is 5.82. The monoisotopic (exact) mass is 234 g/mol. The molecule has 90 valence electrons. The summed E-state index contributed by atoms with van der Waals surface area (Å²) < 4.78 is 0. The lowest BCUT2D eigenvalue weighted by molar-refractivity contribution is -0.156. The first-order valence-electron chi connectivity index (χ1n) is 5.55. The summed E-state index contributed by atoms with van der Waals surface area (Å²) in [5, 5.41) is 18.2. The molecule has 0 radical (unpaired) electrons. The third-order valence-electron chi connectivity index (χ3n) is 3.46. The van der Waals surface area contributed by atoms with Crippen molar-refractivity contribution in [2.24, 2.45) is 5.41 Å². The first-order chi connectivity index (χ1) is 8.03. The molecule has 0 fully saturated rings. The fraction of sp³-hybridized carbons (Fsp3) is 0.385. The summed E-state index contributed by atoms with van der Waals surface area (Å²) in [6, 6.07) is 7.64. The van der Waals surface area contributed by atoms with Crippen LogP contribution in [0.5, 0.6) is 0 Å². The van der Waals surface area contributed by atoms with Gasteiger partial charge < -0.3 is 10.2 Å². The Bertz CT molecular complexity index is 466. The summed E-state index contributed by atoms with van der Waals surface area (Å²) in [6.07, 6.45) is 1.03. The van der Waals surface area contributed by atoms with Gasteiger partial charge in [0.2, 0.25) is 0 Å². The van der Waals surface area contributed by atoms with Crippen molar-refractivity contribution in [1.29, 1.82) is 0 Å². The van der Waals surface area contributed by atoms with Crippen LogP contribution in [0.1, 0.15) is 24.0 Å². The van der Waals surface area contributed by atoms with Crippen LogP contribution in [0.2, 0.25) is 0 Å². The van der Waals surface area contributed by atoms with Gasteiger partial charge in [-0.2, -0.15) is 0 Å². The molecule has 17 heavy (non-hydrogen) atoms. The number of hydrogen-bond donors (Lipinski definition) is 2. The van der Waals surface area contributed by atoms with Gasteiger partial charge in [0.25, 0.3) is 0 Å². The highest BCUT2D eigenvalue weighted by Crippen LogP contribution is 2.38. The van der Waals surface area contributed by atoms with Gasteiger partial charge in [-0.25, -0.2) is 0 Å². The first-order valence-corrected chi connectivity index (χ1v) is 5.55. The number of fused-ring (bicyclic) bond motifs is 1. The summed E-state index contributed by atoms with van der Waals surface area (Å²) in [7, 11) is 0. The van der Waals surface area contributed by atoms with Gasteiger partial charge in [0.15, 0.2) is 0 Å². The van der Waals surface area contributed by atoms with E-state index in [1.807, 2.05) is 24.3 Å². The topological polar surface area (TPSA) is 74.6 Å². The molecular formula is C13H14O4. The summed E-state index contributed by atoms with van der Waals surface area (Å²) in [5.41, 5.74) is 0.956. The van der Waals surface area contributed by atoms with Crippen molar-refractivity contribution in [1.82, 2.24) is 0 Å². The largest absolute Gasteiger partial charge is 0.481 e. The fourth-order valence-electron chi connectivity index (χ4n) is 2.50. The second-order valence-corrected chi connectivity index (χ2v) is 4.60. The molecule has 0 bridgehead atoms. The number of carboxylic acids is 2. The molecule has 0 unspecified atom stereocenters. The van der Waals surface area contributed by atoms with Crippen LogP contribution in [0, 0.1) is 5.41 Å². The van der Waals surface area contributed by atoms with Crippen LogP contribution in [-0.4, -0.2) is 22.2 Å². The summed E-state index contributed by atoms with van der Waals surface area (Å²) in [6.45, 7) is 0. The van der Waals surface area contributed by atoms with Gasteiger partial charge in [-0.15, -0.1) is 0 Å². The number of aliphatic carboxylic acids is 2. The summed E-state index contributed by atoms with van der Waals surface area (Å²) in [4.78, 5) is 22.2. The van der Waals surface area contributed by atoms with Crippen LogP contribution >= 0.6 is 0 Å². The zero-order valence-electron chi connectivity index (χ0n) is 9.35. The van der Waals surface area contributed by atoms with Crippen molar-refractivity contribution < 1.29 is 19.8 Å². The molecule has 1 aromatic carbocycles. The van der Waals surface area contributed by atoms with Crippen molar-refractivity contribution in [3.05, 3.63) is 35.4 Å². The number of hydrogen-bond acceptors (Lipinski definition) is 2. The van der Waals surface area contributed by atoms with Gasteiger partial charge in [0, 0.05) is 0 Å². The van der Waals surface area contributed by atoms with Crippen molar-refractivity contribution in [3.8, 4) is 0 Å². The molecule has 0 aromatic heterocycles. The van der Waals surface area contributed by atoms with E-state index < -0.39 is 17.4 Å². The molecule has 1 aliphatic carbocycles. The van der Waals surface area contributed by atoms with Crippen LogP contribution < -0.4 is 0 Å². The van der Waals surface area contributed by atoms with Crippen LogP contribution in [-0.2, 0) is 22.4 Å². The van der Waals surface area contributed by atoms with E-state index in [0.29, 0.717) is 19.3 Å². The van der Waals surface area contributed by atoms with Crippen LogP contribution in [0.4, 0.5) is 0 Å². The quantitative estimate of drug-likeness (QED) is 0.835. The minimum absolute atomic E-state index is 0.309. The normalized spacial score (nSPS) is 22.8. The molecule has 1 aliphatic rings. The van der Waals surface area contributed by atoms with Gasteiger partial charge in [0.05, 0.1) is 11.8 Å². The Morgan fingerprint density at radius 1 is 1.18 bits per heavy atom. The molecule has 0 saturated heterocycles. The molecule has 4 nitrogen and oxygen atoms in total. The fourth-order valence-corrected chi connectivity index (χ4v) is 2.50. The average Bonchev–Trinajstić information content (AvgIpc) is 2.27. The van der Waals surface area contributed by atoms with E-state index in [0.717, 1.165) is 11.1 Å². The highest BCUT2D eigenvalue weighted by Gasteiger charge is 2.43.